The summed E-state index contributed by atoms with van der Waals surface area (Å²) in [5.74, 6) is 0.269. The first-order valence-corrected chi connectivity index (χ1v) is 9.80. The molecular weight excluding hydrogens is 378 g/mol. The number of esters is 1. The predicted molar refractivity (Wildman–Crippen MR) is 110 cm³/mol. The van der Waals surface area contributed by atoms with E-state index in [-0.39, 0.29) is 12.0 Å². The maximum absolute atomic E-state index is 12.0. The molecule has 1 heterocycles. The number of thiophene rings is 1. The van der Waals surface area contributed by atoms with Crippen LogP contribution >= 0.6 is 11.3 Å². The van der Waals surface area contributed by atoms with Gasteiger partial charge in [0, 0.05) is 11.0 Å². The molecule has 2 rings (SSSR count). The number of carbonyl (C=O) groups is 2. The molecule has 0 radical (unpaired) electrons. The van der Waals surface area contributed by atoms with Crippen LogP contribution in [0.25, 0.3) is 6.08 Å². The second kappa shape index (κ2) is 10.5. The van der Waals surface area contributed by atoms with Gasteiger partial charge in [-0.3, -0.25) is 4.79 Å². The molecule has 6 nitrogen and oxygen atoms in total. The molecule has 0 saturated carbocycles. The number of carbonyl (C=O) groups excluding carboxylic acids is 2. The number of hydrogen-bond acceptors (Lipinski definition) is 6. The van der Waals surface area contributed by atoms with Gasteiger partial charge in [0.2, 0.25) is 0 Å². The zero-order valence-electron chi connectivity index (χ0n) is 16.4. The van der Waals surface area contributed by atoms with E-state index in [9.17, 15) is 9.59 Å². The van der Waals surface area contributed by atoms with Crippen LogP contribution in [0.2, 0.25) is 0 Å². The second-order valence-corrected chi connectivity index (χ2v) is 7.32. The molecule has 1 aromatic heterocycles. The minimum atomic E-state index is -0.881. The summed E-state index contributed by atoms with van der Waals surface area (Å²) in [6.07, 6.45) is 2.02. The van der Waals surface area contributed by atoms with E-state index in [0.29, 0.717) is 18.0 Å². The molecule has 0 spiro atoms. The van der Waals surface area contributed by atoms with Gasteiger partial charge in [-0.05, 0) is 56.0 Å². The Bertz CT molecular complexity index is 814. The zero-order chi connectivity index (χ0) is 20.5. The third kappa shape index (κ3) is 6.74. The summed E-state index contributed by atoms with van der Waals surface area (Å²) in [4.78, 5) is 25.0. The van der Waals surface area contributed by atoms with Crippen LogP contribution in [-0.2, 0) is 20.9 Å². The number of rotatable bonds is 9. The van der Waals surface area contributed by atoms with Crippen LogP contribution in [0.15, 0.2) is 41.8 Å². The van der Waals surface area contributed by atoms with E-state index >= 15 is 0 Å². The Balaban J connectivity index is 1.89. The Hall–Kier alpha value is -2.80. The van der Waals surface area contributed by atoms with E-state index in [2.05, 4.69) is 5.32 Å². The van der Waals surface area contributed by atoms with E-state index < -0.39 is 12.1 Å². The lowest BCUT2D eigenvalue weighted by Gasteiger charge is -2.14. The molecule has 0 saturated heterocycles. The average Bonchev–Trinajstić information content (AvgIpc) is 3.18. The Kier molecular flexibility index (Phi) is 8.07. The van der Waals surface area contributed by atoms with Gasteiger partial charge in [-0.1, -0.05) is 12.1 Å². The van der Waals surface area contributed by atoms with Gasteiger partial charge in [0.05, 0.1) is 19.8 Å². The normalized spacial score (nSPS) is 12.0. The minimum absolute atomic E-state index is 0.0257. The first kappa shape index (κ1) is 21.5. The van der Waals surface area contributed by atoms with Crippen molar-refractivity contribution in [1.29, 1.82) is 0 Å². The van der Waals surface area contributed by atoms with Gasteiger partial charge in [-0.2, -0.15) is 0 Å². The fourth-order valence-corrected chi connectivity index (χ4v) is 2.95. The fraction of sp³-hybridized carbons (Fsp3) is 0.333. The fourth-order valence-electron chi connectivity index (χ4n) is 2.30. The summed E-state index contributed by atoms with van der Waals surface area (Å²) >= 11 is 1.55. The average molecular weight is 404 g/mol. The molecule has 1 atom stereocenters. The number of nitrogens with one attached hydrogen (secondary N) is 1. The lowest BCUT2D eigenvalue weighted by atomic mass is 10.2. The van der Waals surface area contributed by atoms with Gasteiger partial charge < -0.3 is 19.5 Å². The molecule has 28 heavy (non-hydrogen) atoms. The maximum atomic E-state index is 12.0. The third-order valence-electron chi connectivity index (χ3n) is 3.64. The highest BCUT2D eigenvalue weighted by Gasteiger charge is 2.16. The van der Waals surface area contributed by atoms with E-state index in [0.717, 1.165) is 10.4 Å². The van der Waals surface area contributed by atoms with E-state index in [1.54, 1.807) is 42.7 Å². The molecule has 1 amide bonds. The number of ether oxygens (including phenoxy) is 3. The summed E-state index contributed by atoms with van der Waals surface area (Å²) in [6.45, 7) is 5.82. The lowest BCUT2D eigenvalue weighted by molar-refractivity contribution is -0.150. The Morgan fingerprint density at radius 2 is 1.96 bits per heavy atom. The van der Waals surface area contributed by atoms with Crippen LogP contribution < -0.4 is 14.8 Å². The van der Waals surface area contributed by atoms with Crippen molar-refractivity contribution in [3.05, 3.63) is 52.2 Å². The minimum Gasteiger partial charge on any atom is -0.493 e. The van der Waals surface area contributed by atoms with Crippen molar-refractivity contribution in [3.8, 4) is 11.5 Å². The standard InChI is InChI=1S/C21H25NO5S/c1-14(2)26-18-9-7-16(12-19(18)25-4)8-10-20(23)27-15(3)21(24)22-13-17-6-5-11-28-17/h5-12,14-15H,13H2,1-4H3,(H,22,24)/b10-8+/t15-/m1/s1. The van der Waals surface area contributed by atoms with Crippen LogP contribution in [0.3, 0.4) is 0 Å². The molecule has 0 aliphatic carbocycles. The van der Waals surface area contributed by atoms with Gasteiger partial charge >= 0.3 is 5.97 Å². The van der Waals surface area contributed by atoms with Crippen molar-refractivity contribution in [2.75, 3.05) is 7.11 Å². The predicted octanol–water partition coefficient (Wildman–Crippen LogP) is 3.81. The quantitative estimate of drug-likeness (QED) is 0.509. The van der Waals surface area contributed by atoms with Crippen LogP contribution in [0.4, 0.5) is 0 Å². The Morgan fingerprint density at radius 1 is 1.18 bits per heavy atom. The molecule has 0 aliphatic rings. The van der Waals surface area contributed by atoms with Crippen LogP contribution in [-0.4, -0.2) is 31.2 Å². The molecule has 1 aromatic carbocycles. The van der Waals surface area contributed by atoms with Gasteiger partial charge in [-0.15, -0.1) is 11.3 Å². The number of methoxy groups -OCH3 is 1. The van der Waals surface area contributed by atoms with Gasteiger partial charge in [-0.25, -0.2) is 4.79 Å². The highest BCUT2D eigenvalue weighted by molar-refractivity contribution is 7.09. The maximum Gasteiger partial charge on any atom is 0.331 e. The molecular formula is C21H25NO5S. The van der Waals surface area contributed by atoms with Gasteiger partial charge in [0.15, 0.2) is 17.6 Å². The highest BCUT2D eigenvalue weighted by atomic mass is 32.1. The molecule has 1 N–H and O–H groups in total. The summed E-state index contributed by atoms with van der Waals surface area (Å²) in [7, 11) is 1.56. The first-order valence-electron chi connectivity index (χ1n) is 8.92. The van der Waals surface area contributed by atoms with Crippen molar-refractivity contribution >= 4 is 29.3 Å². The number of amides is 1. The summed E-state index contributed by atoms with van der Waals surface area (Å²) in [5.41, 5.74) is 0.750. The van der Waals surface area contributed by atoms with E-state index in [1.165, 1.54) is 13.0 Å². The van der Waals surface area contributed by atoms with Crippen molar-refractivity contribution in [1.82, 2.24) is 5.32 Å². The summed E-state index contributed by atoms with van der Waals surface area (Å²) in [6, 6.07) is 9.19. The molecule has 150 valence electrons. The zero-order valence-corrected chi connectivity index (χ0v) is 17.2. The molecule has 2 aromatic rings. The lowest BCUT2D eigenvalue weighted by Crippen LogP contribution is -2.34. The Labute approximate surface area is 169 Å². The first-order chi connectivity index (χ1) is 13.4. The van der Waals surface area contributed by atoms with Crippen molar-refractivity contribution in [3.63, 3.8) is 0 Å². The molecule has 0 aliphatic heterocycles. The summed E-state index contributed by atoms with van der Waals surface area (Å²) in [5, 5.41) is 4.68. The largest absolute Gasteiger partial charge is 0.493 e. The van der Waals surface area contributed by atoms with Crippen LogP contribution in [0, 0.1) is 0 Å². The molecule has 0 unspecified atom stereocenters. The van der Waals surface area contributed by atoms with Crippen molar-refractivity contribution in [2.24, 2.45) is 0 Å². The topological polar surface area (TPSA) is 73.9 Å². The molecule has 7 heteroatoms. The van der Waals surface area contributed by atoms with E-state index in [4.69, 9.17) is 14.2 Å². The van der Waals surface area contributed by atoms with E-state index in [1.807, 2.05) is 31.4 Å². The second-order valence-electron chi connectivity index (χ2n) is 6.29. The number of benzene rings is 1. The summed E-state index contributed by atoms with van der Waals surface area (Å²) < 4.78 is 16.1. The van der Waals surface area contributed by atoms with Gasteiger partial charge in [0.1, 0.15) is 0 Å². The third-order valence-corrected chi connectivity index (χ3v) is 4.52. The van der Waals surface area contributed by atoms with Crippen LogP contribution in [0.5, 0.6) is 11.5 Å². The highest BCUT2D eigenvalue weighted by Crippen LogP contribution is 2.29. The smallest absolute Gasteiger partial charge is 0.331 e. The van der Waals surface area contributed by atoms with Crippen LogP contribution in [0.1, 0.15) is 31.2 Å². The SMILES string of the molecule is COc1cc(/C=C/C(=O)O[C@H](C)C(=O)NCc2cccs2)ccc1OC(C)C. The Morgan fingerprint density at radius 3 is 2.61 bits per heavy atom. The monoisotopic (exact) mass is 403 g/mol. The number of hydrogen-bond donors (Lipinski definition) is 1. The van der Waals surface area contributed by atoms with Gasteiger partial charge in [0.25, 0.3) is 5.91 Å². The van der Waals surface area contributed by atoms with Crippen molar-refractivity contribution in [2.45, 2.75) is 39.5 Å². The molecule has 0 bridgehead atoms. The van der Waals surface area contributed by atoms with Crippen molar-refractivity contribution < 1.29 is 23.8 Å². The molecule has 0 fully saturated rings.